The number of carbonyl (C=O) groups excluding carboxylic acids is 2. The average molecular weight is 348 g/mol. The molecule has 1 saturated heterocycles. The highest BCUT2D eigenvalue weighted by Crippen LogP contribution is 2.31. The molecule has 3 rings (SSSR count). The predicted molar refractivity (Wildman–Crippen MR) is 91.9 cm³/mol. The summed E-state index contributed by atoms with van der Waals surface area (Å²) < 4.78 is 0. The Bertz CT molecular complexity index is 658. The fraction of sp³-hybridized carbons (Fsp3) is 0.471. The Morgan fingerprint density at radius 3 is 2.67 bits per heavy atom. The minimum absolute atomic E-state index is 0.0503. The minimum Gasteiger partial charge on any atom is -0.478 e. The lowest BCUT2D eigenvalue weighted by Gasteiger charge is -2.25. The molecule has 1 aliphatic carbocycles. The lowest BCUT2D eigenvalue weighted by Crippen LogP contribution is -2.46. The van der Waals surface area contributed by atoms with Gasteiger partial charge in [0.25, 0.3) is 0 Å². The zero-order valence-corrected chi connectivity index (χ0v) is 14.1. The number of amides is 2. The van der Waals surface area contributed by atoms with Gasteiger partial charge in [0.2, 0.25) is 11.8 Å². The van der Waals surface area contributed by atoms with E-state index >= 15 is 0 Å². The van der Waals surface area contributed by atoms with Gasteiger partial charge in [-0.15, -0.1) is 11.8 Å². The third-order valence-electron chi connectivity index (χ3n) is 4.55. The number of hydrogen-bond donors (Lipinski definition) is 2. The smallest absolute Gasteiger partial charge is 0.335 e. The standard InChI is InChI=1S/C17H20N2O4S/c20-15(18-13-7-3-6-12(8-13)17(22)23)14-9-24-10-19(14)16(21)11-4-1-2-5-11/h3,6-8,11,14H,1-2,4-5,9-10H2,(H,18,20)(H,22,23). The van der Waals surface area contributed by atoms with Gasteiger partial charge in [0, 0.05) is 17.4 Å². The molecule has 2 amide bonds. The van der Waals surface area contributed by atoms with Crippen molar-refractivity contribution in [2.75, 3.05) is 16.9 Å². The number of benzene rings is 1. The van der Waals surface area contributed by atoms with Gasteiger partial charge < -0.3 is 15.3 Å². The van der Waals surface area contributed by atoms with Gasteiger partial charge in [-0.05, 0) is 31.0 Å². The number of anilines is 1. The van der Waals surface area contributed by atoms with E-state index in [-0.39, 0.29) is 23.3 Å². The Kier molecular flexibility index (Phi) is 5.08. The highest BCUT2D eigenvalue weighted by Gasteiger charge is 2.38. The van der Waals surface area contributed by atoms with E-state index in [9.17, 15) is 14.4 Å². The zero-order chi connectivity index (χ0) is 17.1. The van der Waals surface area contributed by atoms with E-state index in [1.54, 1.807) is 28.8 Å². The topological polar surface area (TPSA) is 86.7 Å². The summed E-state index contributed by atoms with van der Waals surface area (Å²) in [6, 6.07) is 5.64. The van der Waals surface area contributed by atoms with Crippen molar-refractivity contribution in [3.8, 4) is 0 Å². The first-order chi connectivity index (χ1) is 11.6. The van der Waals surface area contributed by atoms with Crippen molar-refractivity contribution in [3.05, 3.63) is 29.8 Å². The summed E-state index contributed by atoms with van der Waals surface area (Å²) in [5.41, 5.74) is 0.553. The van der Waals surface area contributed by atoms with Gasteiger partial charge in [-0.2, -0.15) is 0 Å². The number of thioether (sulfide) groups is 1. The van der Waals surface area contributed by atoms with Crippen LogP contribution in [-0.2, 0) is 9.59 Å². The van der Waals surface area contributed by atoms with Crippen LogP contribution in [0.15, 0.2) is 24.3 Å². The summed E-state index contributed by atoms with van der Waals surface area (Å²) in [6.07, 6.45) is 3.98. The molecule has 2 aliphatic rings. The van der Waals surface area contributed by atoms with Crippen molar-refractivity contribution in [2.24, 2.45) is 5.92 Å². The molecule has 24 heavy (non-hydrogen) atoms. The number of rotatable bonds is 4. The van der Waals surface area contributed by atoms with Crippen LogP contribution in [0, 0.1) is 5.92 Å². The number of carboxylic acids is 1. The molecule has 2 fully saturated rings. The van der Waals surface area contributed by atoms with Crippen LogP contribution < -0.4 is 5.32 Å². The molecule has 1 atom stereocenters. The van der Waals surface area contributed by atoms with Crippen molar-refractivity contribution in [2.45, 2.75) is 31.7 Å². The van der Waals surface area contributed by atoms with Crippen LogP contribution in [0.5, 0.6) is 0 Å². The zero-order valence-electron chi connectivity index (χ0n) is 13.2. The Morgan fingerprint density at radius 1 is 1.21 bits per heavy atom. The molecule has 0 radical (unpaired) electrons. The van der Waals surface area contributed by atoms with Crippen molar-refractivity contribution in [3.63, 3.8) is 0 Å². The van der Waals surface area contributed by atoms with Crippen molar-refractivity contribution >= 4 is 35.2 Å². The Balaban J connectivity index is 1.68. The molecule has 0 spiro atoms. The Morgan fingerprint density at radius 2 is 1.96 bits per heavy atom. The number of nitrogens with one attached hydrogen (secondary N) is 1. The molecule has 128 valence electrons. The van der Waals surface area contributed by atoms with E-state index in [2.05, 4.69) is 5.32 Å². The number of nitrogens with zero attached hydrogens (tertiary/aromatic N) is 1. The van der Waals surface area contributed by atoms with Crippen LogP contribution in [0.3, 0.4) is 0 Å². The summed E-state index contributed by atoms with van der Waals surface area (Å²) in [5.74, 6) is -0.0494. The molecule has 1 heterocycles. The number of carbonyl (C=O) groups is 3. The maximum atomic E-state index is 12.6. The molecule has 1 saturated carbocycles. The molecule has 2 N–H and O–H groups in total. The van der Waals surface area contributed by atoms with Crippen LogP contribution >= 0.6 is 11.8 Å². The molecule has 1 unspecified atom stereocenters. The summed E-state index contributed by atoms with van der Waals surface area (Å²) >= 11 is 1.57. The molecule has 0 bridgehead atoms. The average Bonchev–Trinajstić information content (AvgIpc) is 3.26. The van der Waals surface area contributed by atoms with E-state index < -0.39 is 12.0 Å². The fourth-order valence-electron chi connectivity index (χ4n) is 3.24. The summed E-state index contributed by atoms with van der Waals surface area (Å²) in [6.45, 7) is 0. The van der Waals surface area contributed by atoms with E-state index in [4.69, 9.17) is 5.11 Å². The van der Waals surface area contributed by atoms with Gasteiger partial charge in [0.15, 0.2) is 0 Å². The fourth-order valence-corrected chi connectivity index (χ4v) is 4.40. The van der Waals surface area contributed by atoms with Gasteiger partial charge >= 0.3 is 5.97 Å². The van der Waals surface area contributed by atoms with Gasteiger partial charge in [-0.3, -0.25) is 9.59 Å². The maximum absolute atomic E-state index is 12.6. The number of aromatic carboxylic acids is 1. The predicted octanol–water partition coefficient (Wildman–Crippen LogP) is 2.42. The highest BCUT2D eigenvalue weighted by atomic mass is 32.2. The molecular formula is C17H20N2O4S. The molecular weight excluding hydrogens is 328 g/mol. The molecule has 6 nitrogen and oxygen atoms in total. The summed E-state index contributed by atoms with van der Waals surface area (Å²) in [7, 11) is 0. The lowest BCUT2D eigenvalue weighted by atomic mass is 10.1. The van der Waals surface area contributed by atoms with Crippen LogP contribution in [0.25, 0.3) is 0 Å². The number of carboxylic acid groups (broad SMARTS) is 1. The van der Waals surface area contributed by atoms with Crippen molar-refractivity contribution < 1.29 is 19.5 Å². The molecule has 1 aromatic carbocycles. The quantitative estimate of drug-likeness (QED) is 0.873. The maximum Gasteiger partial charge on any atom is 0.335 e. The van der Waals surface area contributed by atoms with Gasteiger partial charge in [0.1, 0.15) is 6.04 Å². The Labute approximate surface area is 144 Å². The van der Waals surface area contributed by atoms with E-state index in [1.807, 2.05) is 0 Å². The third-order valence-corrected chi connectivity index (χ3v) is 5.56. The van der Waals surface area contributed by atoms with Gasteiger partial charge in [-0.25, -0.2) is 4.79 Å². The minimum atomic E-state index is -1.04. The van der Waals surface area contributed by atoms with Crippen molar-refractivity contribution in [1.82, 2.24) is 4.90 Å². The monoisotopic (exact) mass is 348 g/mol. The molecule has 0 aromatic heterocycles. The first-order valence-corrected chi connectivity index (χ1v) is 9.24. The van der Waals surface area contributed by atoms with E-state index in [0.717, 1.165) is 25.7 Å². The normalized spacial score (nSPS) is 21.0. The van der Waals surface area contributed by atoms with Gasteiger partial charge in [0.05, 0.1) is 11.4 Å². The molecule has 7 heteroatoms. The third kappa shape index (κ3) is 3.56. The summed E-state index contributed by atoms with van der Waals surface area (Å²) in [5, 5.41) is 11.8. The SMILES string of the molecule is O=C(O)c1cccc(NC(=O)C2CSCN2C(=O)C2CCCC2)c1. The van der Waals surface area contributed by atoms with E-state index in [0.29, 0.717) is 17.3 Å². The molecule has 1 aliphatic heterocycles. The first kappa shape index (κ1) is 16.8. The largest absolute Gasteiger partial charge is 0.478 e. The first-order valence-electron chi connectivity index (χ1n) is 8.08. The Hall–Kier alpha value is -2.02. The second-order valence-electron chi connectivity index (χ2n) is 6.18. The number of hydrogen-bond acceptors (Lipinski definition) is 4. The van der Waals surface area contributed by atoms with Crippen LogP contribution in [-0.4, -0.2) is 45.5 Å². The highest BCUT2D eigenvalue weighted by molar-refractivity contribution is 7.99. The van der Waals surface area contributed by atoms with Crippen LogP contribution in [0.4, 0.5) is 5.69 Å². The second kappa shape index (κ2) is 7.25. The molecule has 1 aromatic rings. The van der Waals surface area contributed by atoms with Gasteiger partial charge in [-0.1, -0.05) is 18.9 Å². The van der Waals surface area contributed by atoms with Crippen molar-refractivity contribution in [1.29, 1.82) is 0 Å². The summed E-state index contributed by atoms with van der Waals surface area (Å²) in [4.78, 5) is 37.9. The second-order valence-corrected chi connectivity index (χ2v) is 7.18. The van der Waals surface area contributed by atoms with Crippen LogP contribution in [0.2, 0.25) is 0 Å². The van der Waals surface area contributed by atoms with E-state index in [1.165, 1.54) is 12.1 Å². The lowest BCUT2D eigenvalue weighted by molar-refractivity contribution is -0.139. The van der Waals surface area contributed by atoms with Crippen LogP contribution in [0.1, 0.15) is 36.0 Å².